The van der Waals surface area contributed by atoms with Crippen molar-refractivity contribution in [1.82, 2.24) is 10.2 Å². The first kappa shape index (κ1) is 30.6. The van der Waals surface area contributed by atoms with Gasteiger partial charge in [0, 0.05) is 31.1 Å². The molecule has 0 aliphatic heterocycles. The fourth-order valence-corrected chi connectivity index (χ4v) is 5.19. The number of carbonyl (C=O) groups excluding carboxylic acids is 2. The van der Waals surface area contributed by atoms with E-state index >= 15 is 0 Å². The van der Waals surface area contributed by atoms with Crippen LogP contribution in [0, 0.1) is 19.8 Å². The Hall–Kier alpha value is -2.58. The molecule has 0 fully saturated rings. The molecule has 0 heterocycles. The van der Waals surface area contributed by atoms with Crippen LogP contribution in [0.1, 0.15) is 56.7 Å². The van der Waals surface area contributed by atoms with E-state index < -0.39 is 16.1 Å². The van der Waals surface area contributed by atoms with Crippen molar-refractivity contribution >= 4 is 39.1 Å². The smallest absolute Gasteiger partial charge is 0.242 e. The molecule has 2 aromatic carbocycles. The number of sulfonamides is 1. The zero-order valence-corrected chi connectivity index (χ0v) is 24.3. The third-order valence-electron chi connectivity index (χ3n) is 6.30. The number of aryl methyl sites for hydroxylation is 2. The summed E-state index contributed by atoms with van der Waals surface area (Å²) in [5.74, 6) is -0.147. The van der Waals surface area contributed by atoms with Gasteiger partial charge < -0.3 is 10.2 Å². The SMILES string of the molecule is CCC(C(=O)NCC(C)C)N(Cc1ccccc1Cl)C(=O)CCCN(c1ccc(C)c(C)c1)S(C)(=O)=O. The van der Waals surface area contributed by atoms with E-state index in [4.69, 9.17) is 11.6 Å². The van der Waals surface area contributed by atoms with E-state index in [9.17, 15) is 18.0 Å². The van der Waals surface area contributed by atoms with Crippen LogP contribution in [0.25, 0.3) is 0 Å². The second-order valence-corrected chi connectivity index (χ2v) is 12.2. The second kappa shape index (κ2) is 13.8. The van der Waals surface area contributed by atoms with Gasteiger partial charge in [-0.15, -0.1) is 0 Å². The highest BCUT2D eigenvalue weighted by Crippen LogP contribution is 2.23. The van der Waals surface area contributed by atoms with E-state index in [1.54, 1.807) is 17.0 Å². The zero-order valence-electron chi connectivity index (χ0n) is 22.8. The van der Waals surface area contributed by atoms with E-state index in [2.05, 4.69) is 5.32 Å². The summed E-state index contributed by atoms with van der Waals surface area (Å²) in [5, 5.41) is 3.46. The van der Waals surface area contributed by atoms with Gasteiger partial charge in [-0.05, 0) is 67.5 Å². The minimum Gasteiger partial charge on any atom is -0.354 e. The summed E-state index contributed by atoms with van der Waals surface area (Å²) in [6, 6.07) is 12.1. The molecule has 1 unspecified atom stereocenters. The molecule has 0 saturated carbocycles. The number of halogens is 1. The minimum absolute atomic E-state index is 0.0925. The van der Waals surface area contributed by atoms with Crippen molar-refractivity contribution in [1.29, 1.82) is 0 Å². The Morgan fingerprint density at radius 1 is 1.05 bits per heavy atom. The largest absolute Gasteiger partial charge is 0.354 e. The molecule has 2 rings (SSSR count). The maximum atomic E-state index is 13.5. The average molecular weight is 550 g/mol. The molecule has 0 aromatic heterocycles. The molecule has 9 heteroatoms. The van der Waals surface area contributed by atoms with Crippen molar-refractivity contribution in [3.63, 3.8) is 0 Å². The van der Waals surface area contributed by atoms with Crippen molar-refractivity contribution in [2.24, 2.45) is 5.92 Å². The van der Waals surface area contributed by atoms with E-state index in [0.717, 1.165) is 16.7 Å². The Morgan fingerprint density at radius 3 is 2.30 bits per heavy atom. The van der Waals surface area contributed by atoms with Gasteiger partial charge in [0.2, 0.25) is 21.8 Å². The minimum atomic E-state index is -3.54. The van der Waals surface area contributed by atoms with Crippen molar-refractivity contribution in [2.75, 3.05) is 23.7 Å². The van der Waals surface area contributed by atoms with Gasteiger partial charge in [0.25, 0.3) is 0 Å². The summed E-state index contributed by atoms with van der Waals surface area (Å²) in [7, 11) is -3.54. The van der Waals surface area contributed by atoms with Crippen molar-refractivity contribution in [3.8, 4) is 0 Å². The van der Waals surface area contributed by atoms with Gasteiger partial charge >= 0.3 is 0 Å². The number of carbonyl (C=O) groups is 2. The Labute approximate surface area is 227 Å². The van der Waals surface area contributed by atoms with Crippen LogP contribution in [0.5, 0.6) is 0 Å². The number of anilines is 1. The molecule has 0 saturated heterocycles. The standard InChI is InChI=1S/C28H40ClN3O4S/c1-7-26(28(34)30-18-20(2)3)31(19-23-11-8-9-12-25(23)29)27(33)13-10-16-32(37(6,35)36)24-15-14-21(4)22(5)17-24/h8-9,11-12,14-15,17,20,26H,7,10,13,16,18-19H2,1-6H3,(H,30,34). The normalized spacial score (nSPS) is 12.3. The fraction of sp³-hybridized carbons (Fsp3) is 0.500. The van der Waals surface area contributed by atoms with Gasteiger partial charge in [0.15, 0.2) is 0 Å². The Morgan fingerprint density at radius 2 is 1.73 bits per heavy atom. The lowest BCUT2D eigenvalue weighted by Crippen LogP contribution is -2.49. The number of benzene rings is 2. The Balaban J connectivity index is 2.24. The van der Waals surface area contributed by atoms with Gasteiger partial charge in [-0.1, -0.05) is 56.6 Å². The van der Waals surface area contributed by atoms with Gasteiger partial charge in [0.05, 0.1) is 11.9 Å². The molecule has 2 aromatic rings. The van der Waals surface area contributed by atoms with Gasteiger partial charge in [-0.2, -0.15) is 0 Å². The molecule has 7 nitrogen and oxygen atoms in total. The first-order chi connectivity index (χ1) is 17.3. The van der Waals surface area contributed by atoms with Crippen LogP contribution in [0.4, 0.5) is 5.69 Å². The summed E-state index contributed by atoms with van der Waals surface area (Å²) in [6.07, 6.45) is 2.01. The Kier molecular flexibility index (Phi) is 11.4. The summed E-state index contributed by atoms with van der Waals surface area (Å²) in [6.45, 7) is 10.7. The fourth-order valence-electron chi connectivity index (χ4n) is 4.04. The predicted molar refractivity (Wildman–Crippen MR) is 151 cm³/mol. The summed E-state index contributed by atoms with van der Waals surface area (Å²) in [4.78, 5) is 28.1. The van der Waals surface area contributed by atoms with Crippen molar-refractivity contribution in [3.05, 3.63) is 64.2 Å². The van der Waals surface area contributed by atoms with Crippen LogP contribution < -0.4 is 9.62 Å². The van der Waals surface area contributed by atoms with Crippen LogP contribution in [0.3, 0.4) is 0 Å². The predicted octanol–water partition coefficient (Wildman–Crippen LogP) is 5.08. The molecule has 1 atom stereocenters. The van der Waals surface area contributed by atoms with Crippen LogP contribution >= 0.6 is 11.6 Å². The summed E-state index contributed by atoms with van der Waals surface area (Å²) >= 11 is 6.38. The second-order valence-electron chi connectivity index (χ2n) is 9.88. The van der Waals surface area contributed by atoms with Gasteiger partial charge in [0.1, 0.15) is 6.04 Å². The third kappa shape index (κ3) is 9.04. The van der Waals surface area contributed by atoms with Crippen LogP contribution in [-0.4, -0.2) is 50.5 Å². The zero-order chi connectivity index (χ0) is 27.8. The van der Waals surface area contributed by atoms with E-state index in [1.165, 1.54) is 10.6 Å². The van der Waals surface area contributed by atoms with Crippen molar-refractivity contribution < 1.29 is 18.0 Å². The van der Waals surface area contributed by atoms with Gasteiger partial charge in [-0.25, -0.2) is 8.42 Å². The van der Waals surface area contributed by atoms with Gasteiger partial charge in [-0.3, -0.25) is 13.9 Å². The monoisotopic (exact) mass is 549 g/mol. The molecule has 1 N–H and O–H groups in total. The highest BCUT2D eigenvalue weighted by Gasteiger charge is 2.29. The first-order valence-electron chi connectivity index (χ1n) is 12.7. The molecule has 0 radical (unpaired) electrons. The maximum absolute atomic E-state index is 13.5. The molecule has 0 aliphatic carbocycles. The molecule has 0 spiro atoms. The van der Waals surface area contributed by atoms with E-state index in [-0.39, 0.29) is 37.2 Å². The molecule has 37 heavy (non-hydrogen) atoms. The lowest BCUT2D eigenvalue weighted by molar-refractivity contribution is -0.141. The summed E-state index contributed by atoms with van der Waals surface area (Å²) in [5.41, 5.74) is 3.39. The number of amides is 2. The average Bonchev–Trinajstić information content (AvgIpc) is 2.82. The molecular formula is C28H40ClN3O4S. The molecular weight excluding hydrogens is 510 g/mol. The topological polar surface area (TPSA) is 86.8 Å². The first-order valence-corrected chi connectivity index (χ1v) is 14.9. The summed E-state index contributed by atoms with van der Waals surface area (Å²) < 4.78 is 26.4. The molecule has 0 bridgehead atoms. The van der Waals surface area contributed by atoms with Crippen LogP contribution in [-0.2, 0) is 26.2 Å². The number of rotatable bonds is 13. The van der Waals surface area contributed by atoms with Crippen LogP contribution in [0.2, 0.25) is 5.02 Å². The Bertz CT molecular complexity index is 1180. The van der Waals surface area contributed by atoms with E-state index in [1.807, 2.05) is 65.0 Å². The number of hydrogen-bond acceptors (Lipinski definition) is 4. The highest BCUT2D eigenvalue weighted by atomic mass is 35.5. The lowest BCUT2D eigenvalue weighted by atomic mass is 10.1. The number of nitrogens with one attached hydrogen (secondary N) is 1. The maximum Gasteiger partial charge on any atom is 0.242 e. The number of hydrogen-bond donors (Lipinski definition) is 1. The highest BCUT2D eigenvalue weighted by molar-refractivity contribution is 7.92. The van der Waals surface area contributed by atoms with E-state index in [0.29, 0.717) is 30.1 Å². The molecule has 2 amide bonds. The van der Waals surface area contributed by atoms with Crippen molar-refractivity contribution in [2.45, 2.75) is 66.5 Å². The quantitative estimate of drug-likeness (QED) is 0.377. The third-order valence-corrected chi connectivity index (χ3v) is 7.86. The molecule has 204 valence electrons. The molecule has 0 aliphatic rings. The van der Waals surface area contributed by atoms with Crippen LogP contribution in [0.15, 0.2) is 42.5 Å². The number of nitrogens with zero attached hydrogens (tertiary/aromatic N) is 2. The lowest BCUT2D eigenvalue weighted by Gasteiger charge is -2.31.